The van der Waals surface area contributed by atoms with Gasteiger partial charge in [-0.3, -0.25) is 9.59 Å². The molecule has 196 valence electrons. The van der Waals surface area contributed by atoms with Crippen molar-refractivity contribution in [1.82, 2.24) is 10.2 Å². The van der Waals surface area contributed by atoms with Crippen molar-refractivity contribution in [2.45, 2.75) is 45.3 Å². The lowest BCUT2D eigenvalue weighted by molar-refractivity contribution is -0.143. The van der Waals surface area contributed by atoms with E-state index in [2.05, 4.69) is 5.32 Å². The van der Waals surface area contributed by atoms with Gasteiger partial charge in [0.05, 0.1) is 0 Å². The van der Waals surface area contributed by atoms with Gasteiger partial charge in [0.25, 0.3) is 5.91 Å². The standard InChI is InChI=1S/C32H33FN2O3/c1-3-23(2)34-32(37)29(20-24-10-5-4-6-11-24)35(21-25-16-18-27(33)19-17-25)31(36)22-38-30-15-9-13-26-12-7-8-14-28(26)30/h4-19,23,29H,3,20-22H2,1-2H3,(H,34,37)/t23-,29-/m0/s1. The Morgan fingerprint density at radius 3 is 2.29 bits per heavy atom. The van der Waals surface area contributed by atoms with Crippen LogP contribution in [0.15, 0.2) is 97.1 Å². The fraction of sp³-hybridized carbons (Fsp3) is 0.250. The topological polar surface area (TPSA) is 58.6 Å². The molecule has 5 nitrogen and oxygen atoms in total. The van der Waals surface area contributed by atoms with Crippen LogP contribution < -0.4 is 10.1 Å². The number of carbonyl (C=O) groups is 2. The summed E-state index contributed by atoms with van der Waals surface area (Å²) in [5, 5.41) is 4.96. The predicted octanol–water partition coefficient (Wildman–Crippen LogP) is 5.91. The van der Waals surface area contributed by atoms with Gasteiger partial charge < -0.3 is 15.0 Å². The van der Waals surface area contributed by atoms with Crippen molar-refractivity contribution in [3.8, 4) is 5.75 Å². The Bertz CT molecular complexity index is 1350. The average Bonchev–Trinajstić information content (AvgIpc) is 2.95. The molecule has 2 atom stereocenters. The molecule has 0 unspecified atom stereocenters. The van der Waals surface area contributed by atoms with Crippen LogP contribution in [-0.2, 0) is 22.6 Å². The summed E-state index contributed by atoms with van der Waals surface area (Å²) in [4.78, 5) is 28.9. The molecule has 0 aliphatic heterocycles. The van der Waals surface area contributed by atoms with E-state index in [-0.39, 0.29) is 36.8 Å². The second-order valence-electron chi connectivity index (χ2n) is 9.44. The Balaban J connectivity index is 1.64. The van der Waals surface area contributed by atoms with Crippen molar-refractivity contribution in [2.75, 3.05) is 6.61 Å². The zero-order chi connectivity index (χ0) is 26.9. The van der Waals surface area contributed by atoms with Gasteiger partial charge in [0.2, 0.25) is 5.91 Å². The minimum Gasteiger partial charge on any atom is -0.483 e. The predicted molar refractivity (Wildman–Crippen MR) is 148 cm³/mol. The van der Waals surface area contributed by atoms with Gasteiger partial charge in [-0.15, -0.1) is 0 Å². The normalized spacial score (nSPS) is 12.5. The van der Waals surface area contributed by atoms with Crippen LogP contribution in [0.5, 0.6) is 5.75 Å². The van der Waals surface area contributed by atoms with Crippen LogP contribution in [0.2, 0.25) is 0 Å². The molecule has 0 saturated heterocycles. The summed E-state index contributed by atoms with van der Waals surface area (Å²) in [6, 6.07) is 28.3. The molecule has 38 heavy (non-hydrogen) atoms. The second-order valence-corrected chi connectivity index (χ2v) is 9.44. The molecule has 0 radical (unpaired) electrons. The van der Waals surface area contributed by atoms with Gasteiger partial charge in [0.15, 0.2) is 6.61 Å². The maximum absolute atomic E-state index is 13.8. The van der Waals surface area contributed by atoms with Gasteiger partial charge in [-0.2, -0.15) is 0 Å². The molecular weight excluding hydrogens is 479 g/mol. The van der Waals surface area contributed by atoms with Crippen LogP contribution in [0.4, 0.5) is 4.39 Å². The monoisotopic (exact) mass is 512 g/mol. The van der Waals surface area contributed by atoms with Gasteiger partial charge in [0, 0.05) is 24.4 Å². The summed E-state index contributed by atoms with van der Waals surface area (Å²) in [6.07, 6.45) is 1.10. The van der Waals surface area contributed by atoms with Crippen molar-refractivity contribution in [2.24, 2.45) is 0 Å². The van der Waals surface area contributed by atoms with E-state index in [1.807, 2.05) is 86.6 Å². The molecule has 0 saturated carbocycles. The molecule has 2 amide bonds. The van der Waals surface area contributed by atoms with Crippen LogP contribution >= 0.6 is 0 Å². The molecule has 0 aliphatic carbocycles. The lowest BCUT2D eigenvalue weighted by Gasteiger charge is -2.32. The van der Waals surface area contributed by atoms with Crippen molar-refractivity contribution in [3.63, 3.8) is 0 Å². The number of nitrogens with zero attached hydrogens (tertiary/aromatic N) is 1. The zero-order valence-electron chi connectivity index (χ0n) is 21.8. The largest absolute Gasteiger partial charge is 0.483 e. The number of ether oxygens (including phenoxy) is 1. The maximum Gasteiger partial charge on any atom is 0.261 e. The molecule has 0 fully saturated rings. The van der Waals surface area contributed by atoms with E-state index < -0.39 is 6.04 Å². The van der Waals surface area contributed by atoms with Gasteiger partial charge >= 0.3 is 0 Å². The van der Waals surface area contributed by atoms with E-state index in [1.165, 1.54) is 12.1 Å². The highest BCUT2D eigenvalue weighted by Crippen LogP contribution is 2.25. The van der Waals surface area contributed by atoms with Crippen LogP contribution in [0.3, 0.4) is 0 Å². The minimum absolute atomic E-state index is 0.0459. The average molecular weight is 513 g/mol. The number of hydrogen-bond acceptors (Lipinski definition) is 3. The first-order valence-corrected chi connectivity index (χ1v) is 12.9. The number of carbonyl (C=O) groups excluding carboxylic acids is 2. The highest BCUT2D eigenvalue weighted by atomic mass is 19.1. The number of rotatable bonds is 11. The molecule has 4 rings (SSSR count). The van der Waals surface area contributed by atoms with E-state index in [1.54, 1.807) is 17.0 Å². The fourth-order valence-electron chi connectivity index (χ4n) is 4.33. The quantitative estimate of drug-likeness (QED) is 0.272. The third-order valence-corrected chi connectivity index (χ3v) is 6.64. The zero-order valence-corrected chi connectivity index (χ0v) is 21.8. The van der Waals surface area contributed by atoms with Crippen LogP contribution in [0.1, 0.15) is 31.4 Å². The van der Waals surface area contributed by atoms with Gasteiger partial charge in [-0.05, 0) is 48.1 Å². The second kappa shape index (κ2) is 12.9. The lowest BCUT2D eigenvalue weighted by Crippen LogP contribution is -2.53. The number of hydrogen-bond donors (Lipinski definition) is 1. The van der Waals surface area contributed by atoms with Gasteiger partial charge in [-0.25, -0.2) is 4.39 Å². The number of amides is 2. The van der Waals surface area contributed by atoms with Crippen molar-refractivity contribution in [3.05, 3.63) is 114 Å². The summed E-state index contributed by atoms with van der Waals surface area (Å²) in [5.41, 5.74) is 1.66. The molecule has 0 aliphatic rings. The number of benzene rings is 4. The smallest absolute Gasteiger partial charge is 0.261 e. The van der Waals surface area contributed by atoms with Gasteiger partial charge in [0.1, 0.15) is 17.6 Å². The Kier molecular flexibility index (Phi) is 9.09. The molecule has 4 aromatic carbocycles. The number of nitrogens with one attached hydrogen (secondary N) is 1. The van der Waals surface area contributed by atoms with Gasteiger partial charge in [-0.1, -0.05) is 85.8 Å². The Labute approximate surface area is 223 Å². The van der Waals surface area contributed by atoms with Crippen molar-refractivity contribution >= 4 is 22.6 Å². The first-order chi connectivity index (χ1) is 18.4. The van der Waals surface area contributed by atoms with E-state index in [9.17, 15) is 14.0 Å². The summed E-state index contributed by atoms with van der Waals surface area (Å²) in [7, 11) is 0. The highest BCUT2D eigenvalue weighted by Gasteiger charge is 2.31. The molecule has 0 aromatic heterocycles. The lowest BCUT2D eigenvalue weighted by atomic mass is 10.0. The number of fused-ring (bicyclic) bond motifs is 1. The maximum atomic E-state index is 13.8. The van der Waals surface area contributed by atoms with E-state index in [0.29, 0.717) is 12.2 Å². The van der Waals surface area contributed by atoms with E-state index in [0.717, 1.165) is 28.3 Å². The first kappa shape index (κ1) is 26.9. The molecule has 0 heterocycles. The Morgan fingerprint density at radius 1 is 0.868 bits per heavy atom. The molecule has 0 bridgehead atoms. The molecule has 6 heteroatoms. The van der Waals surface area contributed by atoms with Crippen LogP contribution in [0.25, 0.3) is 10.8 Å². The summed E-state index contributed by atoms with van der Waals surface area (Å²) in [6.45, 7) is 3.84. The van der Waals surface area contributed by atoms with E-state index in [4.69, 9.17) is 4.74 Å². The summed E-state index contributed by atoms with van der Waals surface area (Å²) in [5.74, 6) is -0.325. The summed E-state index contributed by atoms with van der Waals surface area (Å²) >= 11 is 0. The molecular formula is C32H33FN2O3. The SMILES string of the molecule is CC[C@H](C)NC(=O)[C@H](Cc1ccccc1)N(Cc1ccc(F)cc1)C(=O)COc1cccc2ccccc12. The third-order valence-electron chi connectivity index (χ3n) is 6.64. The van der Waals surface area contributed by atoms with Crippen LogP contribution in [0, 0.1) is 5.82 Å². The minimum atomic E-state index is -0.778. The molecule has 1 N–H and O–H groups in total. The Hall–Kier alpha value is -4.19. The van der Waals surface area contributed by atoms with E-state index >= 15 is 0 Å². The third kappa shape index (κ3) is 6.97. The molecule has 4 aromatic rings. The van der Waals surface area contributed by atoms with Crippen molar-refractivity contribution in [1.29, 1.82) is 0 Å². The number of halogens is 1. The van der Waals surface area contributed by atoms with Crippen molar-refractivity contribution < 1.29 is 18.7 Å². The summed E-state index contributed by atoms with van der Waals surface area (Å²) < 4.78 is 19.6. The van der Waals surface area contributed by atoms with Crippen LogP contribution in [-0.4, -0.2) is 35.4 Å². The molecule has 0 spiro atoms. The Morgan fingerprint density at radius 2 is 1.55 bits per heavy atom. The highest BCUT2D eigenvalue weighted by molar-refractivity contribution is 5.90. The first-order valence-electron chi connectivity index (χ1n) is 12.9. The fourth-order valence-corrected chi connectivity index (χ4v) is 4.33.